The average molecular weight is 408 g/mol. The number of nitrogens with zero attached hydrogens (tertiary/aromatic N) is 3. The number of aromatic nitrogens is 2. The molecule has 30 heavy (non-hydrogen) atoms. The largest absolute Gasteiger partial charge is 0.368 e. The molecule has 7 heteroatoms. The van der Waals surface area contributed by atoms with Gasteiger partial charge in [0, 0.05) is 18.3 Å². The molecule has 0 radical (unpaired) electrons. The van der Waals surface area contributed by atoms with Crippen molar-refractivity contribution in [1.82, 2.24) is 14.9 Å². The first-order chi connectivity index (χ1) is 14.5. The van der Waals surface area contributed by atoms with Gasteiger partial charge >= 0.3 is 0 Å². The van der Waals surface area contributed by atoms with Crippen molar-refractivity contribution in [3.63, 3.8) is 0 Å². The fraction of sp³-hybridized carbons (Fsp3) is 0.261. The van der Waals surface area contributed by atoms with Crippen molar-refractivity contribution in [3.8, 4) is 11.1 Å². The van der Waals surface area contributed by atoms with Crippen molar-refractivity contribution in [2.75, 3.05) is 12.3 Å². The number of hydrogen-bond donors (Lipinski definition) is 1. The van der Waals surface area contributed by atoms with Crippen molar-refractivity contribution in [1.29, 1.82) is 0 Å². The van der Waals surface area contributed by atoms with Crippen LogP contribution in [-0.4, -0.2) is 27.3 Å². The molecule has 2 aromatic carbocycles. The summed E-state index contributed by atoms with van der Waals surface area (Å²) in [5.41, 5.74) is 8.54. The Hall–Kier alpha value is -3.35. The number of carbonyl (C=O) groups excluding carboxylic acids is 1. The number of amides is 1. The Morgan fingerprint density at radius 2 is 1.90 bits per heavy atom. The number of anilines is 1. The minimum atomic E-state index is -0.358. The van der Waals surface area contributed by atoms with Crippen LogP contribution in [0.5, 0.6) is 0 Å². The van der Waals surface area contributed by atoms with E-state index in [0.717, 1.165) is 24.8 Å². The number of piperidine rings is 1. The molecule has 0 saturated carbocycles. The molecule has 1 aromatic heterocycles. The Morgan fingerprint density at radius 3 is 2.67 bits per heavy atom. The van der Waals surface area contributed by atoms with Crippen LogP contribution in [0.25, 0.3) is 11.1 Å². The standard InChI is InChI=1S/C23H22F2N4O/c24-17-9-7-15(8-10-17)12-21(30)29-11-2-1-6-20(29)22-19(14-27-23(26)28-22)16-4-3-5-18(25)13-16/h3-5,7-10,13-14,20H,1-2,6,11-12H2,(H2,26,27,28)/t20-/m0/s1. The van der Waals surface area contributed by atoms with Crippen LogP contribution < -0.4 is 5.73 Å². The van der Waals surface area contributed by atoms with Crippen LogP contribution in [0.15, 0.2) is 54.7 Å². The Kier molecular flexibility index (Phi) is 5.70. The molecule has 1 saturated heterocycles. The fourth-order valence-electron chi connectivity index (χ4n) is 3.93. The minimum absolute atomic E-state index is 0.0614. The summed E-state index contributed by atoms with van der Waals surface area (Å²) < 4.78 is 27.0. The van der Waals surface area contributed by atoms with Crippen LogP contribution in [0.2, 0.25) is 0 Å². The lowest BCUT2D eigenvalue weighted by Gasteiger charge is -2.36. The number of hydrogen-bond acceptors (Lipinski definition) is 4. The summed E-state index contributed by atoms with van der Waals surface area (Å²) in [6.07, 6.45) is 4.32. The predicted molar refractivity (Wildman–Crippen MR) is 110 cm³/mol. The molecule has 0 bridgehead atoms. The maximum atomic E-state index is 13.8. The van der Waals surface area contributed by atoms with E-state index in [-0.39, 0.29) is 36.0 Å². The lowest BCUT2D eigenvalue weighted by Crippen LogP contribution is -2.40. The van der Waals surface area contributed by atoms with Crippen molar-refractivity contribution in [3.05, 3.63) is 77.6 Å². The molecule has 0 unspecified atom stereocenters. The number of benzene rings is 2. The molecule has 1 aliphatic heterocycles. The van der Waals surface area contributed by atoms with E-state index < -0.39 is 0 Å². The quantitative estimate of drug-likeness (QED) is 0.699. The van der Waals surface area contributed by atoms with Gasteiger partial charge in [-0.25, -0.2) is 18.7 Å². The van der Waals surface area contributed by atoms with Crippen LogP contribution in [0.3, 0.4) is 0 Å². The highest BCUT2D eigenvalue weighted by Gasteiger charge is 2.31. The third kappa shape index (κ3) is 4.30. The molecule has 1 aliphatic rings. The normalized spacial score (nSPS) is 16.5. The van der Waals surface area contributed by atoms with Gasteiger partial charge in [0.25, 0.3) is 0 Å². The molecule has 0 aliphatic carbocycles. The van der Waals surface area contributed by atoms with Gasteiger partial charge in [0.05, 0.1) is 18.2 Å². The second-order valence-corrected chi connectivity index (χ2v) is 7.44. The van der Waals surface area contributed by atoms with Crippen LogP contribution in [-0.2, 0) is 11.2 Å². The first-order valence-corrected chi connectivity index (χ1v) is 9.93. The van der Waals surface area contributed by atoms with Gasteiger partial charge in [-0.1, -0.05) is 24.3 Å². The monoisotopic (exact) mass is 408 g/mol. The van der Waals surface area contributed by atoms with Crippen LogP contribution in [0.1, 0.15) is 36.6 Å². The topological polar surface area (TPSA) is 72.1 Å². The van der Waals surface area contributed by atoms with Crippen molar-refractivity contribution < 1.29 is 13.6 Å². The maximum absolute atomic E-state index is 13.8. The highest BCUT2D eigenvalue weighted by Crippen LogP contribution is 2.36. The first-order valence-electron chi connectivity index (χ1n) is 9.93. The highest BCUT2D eigenvalue weighted by molar-refractivity contribution is 5.80. The summed E-state index contributed by atoms with van der Waals surface area (Å²) in [5.74, 6) is -0.642. The van der Waals surface area contributed by atoms with Gasteiger partial charge < -0.3 is 10.6 Å². The number of carbonyl (C=O) groups is 1. The average Bonchev–Trinajstić information content (AvgIpc) is 2.75. The summed E-state index contributed by atoms with van der Waals surface area (Å²) >= 11 is 0. The summed E-state index contributed by atoms with van der Waals surface area (Å²) in [7, 11) is 0. The van der Waals surface area contributed by atoms with Crippen molar-refractivity contribution in [2.24, 2.45) is 0 Å². The van der Waals surface area contributed by atoms with Crippen molar-refractivity contribution >= 4 is 11.9 Å². The molecule has 1 atom stereocenters. The third-order valence-corrected chi connectivity index (χ3v) is 5.38. The number of likely N-dealkylation sites (tertiary alicyclic amines) is 1. The summed E-state index contributed by atoms with van der Waals surface area (Å²) in [5, 5.41) is 0. The fourth-order valence-corrected chi connectivity index (χ4v) is 3.93. The highest BCUT2D eigenvalue weighted by atomic mass is 19.1. The summed E-state index contributed by atoms with van der Waals surface area (Å²) in [6.45, 7) is 0.594. The van der Waals surface area contributed by atoms with Gasteiger partial charge in [0.1, 0.15) is 11.6 Å². The molecule has 1 fully saturated rings. The molecule has 1 amide bonds. The van der Waals surface area contributed by atoms with E-state index in [1.54, 1.807) is 35.4 Å². The maximum Gasteiger partial charge on any atom is 0.227 e. The van der Waals surface area contributed by atoms with E-state index >= 15 is 0 Å². The van der Waals surface area contributed by atoms with Gasteiger partial charge in [-0.05, 0) is 54.7 Å². The van der Waals surface area contributed by atoms with E-state index in [1.165, 1.54) is 24.3 Å². The lowest BCUT2D eigenvalue weighted by molar-refractivity contribution is -0.134. The second-order valence-electron chi connectivity index (χ2n) is 7.44. The number of halogens is 2. The molecular formula is C23H22F2N4O. The smallest absolute Gasteiger partial charge is 0.227 e. The Balaban J connectivity index is 1.68. The lowest BCUT2D eigenvalue weighted by atomic mass is 9.93. The zero-order chi connectivity index (χ0) is 21.1. The summed E-state index contributed by atoms with van der Waals surface area (Å²) in [6, 6.07) is 11.9. The van der Waals surface area contributed by atoms with Gasteiger partial charge in [0.15, 0.2) is 0 Å². The van der Waals surface area contributed by atoms with E-state index in [9.17, 15) is 13.6 Å². The van der Waals surface area contributed by atoms with Gasteiger partial charge in [-0.15, -0.1) is 0 Å². The van der Waals surface area contributed by atoms with Gasteiger partial charge in [-0.2, -0.15) is 0 Å². The van der Waals surface area contributed by atoms with E-state index in [1.807, 2.05) is 0 Å². The number of rotatable bonds is 4. The first kappa shape index (κ1) is 19.9. The predicted octanol–water partition coefficient (Wildman–Crippen LogP) is 4.30. The zero-order valence-electron chi connectivity index (χ0n) is 16.4. The molecular weight excluding hydrogens is 386 g/mol. The Morgan fingerprint density at radius 1 is 1.10 bits per heavy atom. The van der Waals surface area contributed by atoms with Crippen molar-refractivity contribution in [2.45, 2.75) is 31.7 Å². The van der Waals surface area contributed by atoms with Crippen LogP contribution in [0, 0.1) is 11.6 Å². The number of nitrogens with two attached hydrogens (primary N) is 1. The zero-order valence-corrected chi connectivity index (χ0v) is 16.4. The Bertz CT molecular complexity index is 1060. The molecule has 2 N–H and O–H groups in total. The Labute approximate surface area is 173 Å². The van der Waals surface area contributed by atoms with E-state index in [0.29, 0.717) is 23.4 Å². The van der Waals surface area contributed by atoms with E-state index in [2.05, 4.69) is 9.97 Å². The molecule has 0 spiro atoms. The molecule has 154 valence electrons. The molecule has 5 nitrogen and oxygen atoms in total. The molecule has 2 heterocycles. The second kappa shape index (κ2) is 8.57. The number of nitrogen functional groups attached to an aromatic ring is 1. The SMILES string of the molecule is Nc1ncc(-c2cccc(F)c2)c([C@@H]2CCCCN2C(=O)Cc2ccc(F)cc2)n1. The minimum Gasteiger partial charge on any atom is -0.368 e. The van der Waals surface area contributed by atoms with Gasteiger partial charge in [-0.3, -0.25) is 4.79 Å². The molecule has 4 rings (SSSR count). The summed E-state index contributed by atoms with van der Waals surface area (Å²) in [4.78, 5) is 23.5. The van der Waals surface area contributed by atoms with Crippen LogP contribution in [0.4, 0.5) is 14.7 Å². The van der Waals surface area contributed by atoms with Crippen LogP contribution >= 0.6 is 0 Å². The van der Waals surface area contributed by atoms with E-state index in [4.69, 9.17) is 5.73 Å². The third-order valence-electron chi connectivity index (χ3n) is 5.38. The van der Waals surface area contributed by atoms with Gasteiger partial charge in [0.2, 0.25) is 11.9 Å². The molecule has 3 aromatic rings.